The number of ether oxygens (including phenoxy) is 1. The molecule has 1 aromatic carbocycles. The highest BCUT2D eigenvalue weighted by Gasteiger charge is 2.08. The lowest BCUT2D eigenvalue weighted by molar-refractivity contribution is -0.140. The lowest BCUT2D eigenvalue weighted by atomic mass is 10.1. The van der Waals surface area contributed by atoms with E-state index in [-0.39, 0.29) is 24.5 Å². The first-order valence-corrected chi connectivity index (χ1v) is 7.32. The molecule has 1 rings (SSSR count). The molecule has 1 atom stereocenters. The summed E-state index contributed by atoms with van der Waals surface area (Å²) in [7, 11) is 1.38. The van der Waals surface area contributed by atoms with Crippen LogP contribution in [0.2, 0.25) is 0 Å². The predicted octanol–water partition coefficient (Wildman–Crippen LogP) is 2.15. The molecule has 0 bridgehead atoms. The Labute approximate surface area is 131 Å². The highest BCUT2D eigenvalue weighted by Crippen LogP contribution is 2.09. The Hall–Kier alpha value is -2.14. The van der Waals surface area contributed by atoms with E-state index in [4.69, 9.17) is 5.11 Å². The van der Waals surface area contributed by atoms with Crippen molar-refractivity contribution in [2.24, 2.45) is 0 Å². The predicted molar refractivity (Wildman–Crippen MR) is 85.4 cm³/mol. The second kappa shape index (κ2) is 9.73. The Morgan fingerprint density at radius 2 is 2.18 bits per heavy atom. The normalized spacial score (nSPS) is 12.1. The van der Waals surface area contributed by atoms with Gasteiger partial charge < -0.3 is 15.2 Å². The average molecular weight is 305 g/mol. The molecule has 1 amide bonds. The second-order valence-corrected chi connectivity index (χ2v) is 5.05. The van der Waals surface area contributed by atoms with Crippen LogP contribution in [0.25, 0.3) is 6.08 Å². The van der Waals surface area contributed by atoms with Crippen molar-refractivity contribution in [1.82, 2.24) is 5.32 Å². The number of methoxy groups -OCH3 is 1. The molecule has 0 spiro atoms. The van der Waals surface area contributed by atoms with Crippen LogP contribution in [0.1, 0.15) is 42.1 Å². The number of aliphatic hydroxyl groups is 1. The Balaban J connectivity index is 2.53. The summed E-state index contributed by atoms with van der Waals surface area (Å²) in [4.78, 5) is 22.9. The summed E-state index contributed by atoms with van der Waals surface area (Å²) in [5.41, 5.74) is 1.47. The summed E-state index contributed by atoms with van der Waals surface area (Å²) in [5.74, 6) is -0.410. The molecule has 0 saturated heterocycles. The Morgan fingerprint density at radius 1 is 1.41 bits per heavy atom. The number of rotatable bonds is 8. The number of benzene rings is 1. The maximum absolute atomic E-state index is 12.0. The number of aliphatic hydroxyl groups excluding tert-OH is 1. The fraction of sp³-hybridized carbons (Fsp3) is 0.412. The van der Waals surface area contributed by atoms with Gasteiger partial charge in [-0.25, -0.2) is 0 Å². The molecular weight excluding hydrogens is 282 g/mol. The first kappa shape index (κ1) is 17.9. The van der Waals surface area contributed by atoms with E-state index in [1.54, 1.807) is 19.1 Å². The van der Waals surface area contributed by atoms with Gasteiger partial charge in [-0.1, -0.05) is 24.3 Å². The highest BCUT2D eigenvalue weighted by atomic mass is 16.5. The van der Waals surface area contributed by atoms with Gasteiger partial charge in [0.05, 0.1) is 13.7 Å². The average Bonchev–Trinajstić information content (AvgIpc) is 2.54. The van der Waals surface area contributed by atoms with Crippen LogP contribution in [-0.4, -0.2) is 36.7 Å². The summed E-state index contributed by atoms with van der Waals surface area (Å²) in [6.07, 6.45) is 5.80. The van der Waals surface area contributed by atoms with E-state index in [1.807, 2.05) is 24.3 Å². The third-order valence-corrected chi connectivity index (χ3v) is 3.09. The molecule has 5 nitrogen and oxygen atoms in total. The number of hydrogen-bond acceptors (Lipinski definition) is 4. The van der Waals surface area contributed by atoms with Crippen LogP contribution in [0, 0.1) is 0 Å². The van der Waals surface area contributed by atoms with Crippen molar-refractivity contribution in [3.8, 4) is 0 Å². The third-order valence-electron chi connectivity index (χ3n) is 3.09. The minimum atomic E-state index is -0.273. The van der Waals surface area contributed by atoms with Crippen LogP contribution in [0.3, 0.4) is 0 Å². The molecule has 0 heterocycles. The summed E-state index contributed by atoms with van der Waals surface area (Å²) < 4.78 is 4.57. The van der Waals surface area contributed by atoms with Gasteiger partial charge in [-0.3, -0.25) is 9.59 Å². The molecule has 0 aromatic heterocycles. The molecule has 0 saturated carbocycles. The summed E-state index contributed by atoms with van der Waals surface area (Å²) >= 11 is 0. The number of esters is 1. The van der Waals surface area contributed by atoms with E-state index in [1.165, 1.54) is 7.11 Å². The van der Waals surface area contributed by atoms with Crippen molar-refractivity contribution < 1.29 is 19.4 Å². The fourth-order valence-electron chi connectivity index (χ4n) is 1.82. The zero-order chi connectivity index (χ0) is 16.4. The van der Waals surface area contributed by atoms with Gasteiger partial charge in [0.2, 0.25) is 0 Å². The van der Waals surface area contributed by atoms with Crippen molar-refractivity contribution in [3.05, 3.63) is 41.5 Å². The van der Waals surface area contributed by atoms with Gasteiger partial charge in [0, 0.05) is 18.0 Å². The zero-order valence-corrected chi connectivity index (χ0v) is 13.0. The minimum absolute atomic E-state index is 0.0917. The van der Waals surface area contributed by atoms with E-state index in [0.29, 0.717) is 12.0 Å². The van der Waals surface area contributed by atoms with Gasteiger partial charge in [0.15, 0.2) is 0 Å². The van der Waals surface area contributed by atoms with Gasteiger partial charge in [0.25, 0.3) is 5.91 Å². The van der Waals surface area contributed by atoms with E-state index in [0.717, 1.165) is 18.4 Å². The summed E-state index contributed by atoms with van der Waals surface area (Å²) in [6, 6.07) is 6.96. The number of hydrogen-bond donors (Lipinski definition) is 2. The van der Waals surface area contributed by atoms with Crippen LogP contribution in [-0.2, 0) is 9.53 Å². The zero-order valence-electron chi connectivity index (χ0n) is 13.0. The first-order chi connectivity index (χ1) is 10.6. The van der Waals surface area contributed by atoms with Gasteiger partial charge >= 0.3 is 5.97 Å². The number of carbonyl (C=O) groups excluding carboxylic acids is 2. The summed E-state index contributed by atoms with van der Waals surface area (Å²) in [5, 5.41) is 11.7. The van der Waals surface area contributed by atoms with Crippen molar-refractivity contribution in [2.45, 2.75) is 32.2 Å². The number of unbranched alkanes of at least 4 members (excludes halogenated alkanes) is 1. The number of nitrogens with one attached hydrogen (secondary N) is 1. The van der Waals surface area contributed by atoms with Crippen molar-refractivity contribution in [3.63, 3.8) is 0 Å². The molecule has 22 heavy (non-hydrogen) atoms. The van der Waals surface area contributed by atoms with Crippen molar-refractivity contribution >= 4 is 18.0 Å². The van der Waals surface area contributed by atoms with E-state index < -0.39 is 0 Å². The molecule has 0 radical (unpaired) electrons. The first-order valence-electron chi connectivity index (χ1n) is 7.32. The highest BCUT2D eigenvalue weighted by molar-refractivity contribution is 5.94. The lowest BCUT2D eigenvalue weighted by Gasteiger charge is -2.10. The van der Waals surface area contributed by atoms with Crippen molar-refractivity contribution in [1.29, 1.82) is 0 Å². The Morgan fingerprint density at radius 3 is 2.86 bits per heavy atom. The Bertz CT molecular complexity index is 525. The molecule has 1 aromatic rings. The third kappa shape index (κ3) is 6.54. The lowest BCUT2D eigenvalue weighted by Crippen LogP contribution is -2.34. The second-order valence-electron chi connectivity index (χ2n) is 5.05. The number of allylic oxidation sites excluding steroid dienone is 1. The monoisotopic (exact) mass is 305 g/mol. The SMILES string of the molecule is COC(=O)CCC/C=C/c1cccc(C(=O)NC(C)CO)c1. The molecule has 2 N–H and O–H groups in total. The van der Waals surface area contributed by atoms with Gasteiger partial charge in [-0.05, 0) is 37.5 Å². The number of carbonyl (C=O) groups is 2. The van der Waals surface area contributed by atoms with Gasteiger partial charge in [-0.2, -0.15) is 0 Å². The minimum Gasteiger partial charge on any atom is -0.469 e. The molecule has 0 aliphatic heterocycles. The summed E-state index contributed by atoms with van der Waals surface area (Å²) in [6.45, 7) is 1.65. The molecule has 5 heteroatoms. The topological polar surface area (TPSA) is 75.6 Å². The maximum atomic E-state index is 12.0. The molecule has 0 aliphatic rings. The largest absolute Gasteiger partial charge is 0.469 e. The van der Waals surface area contributed by atoms with Crippen LogP contribution < -0.4 is 5.32 Å². The molecular formula is C17H23NO4. The van der Waals surface area contributed by atoms with Gasteiger partial charge in [-0.15, -0.1) is 0 Å². The molecule has 0 aliphatic carbocycles. The maximum Gasteiger partial charge on any atom is 0.305 e. The fourth-order valence-corrected chi connectivity index (χ4v) is 1.82. The number of amides is 1. The van der Waals surface area contributed by atoms with Crippen LogP contribution >= 0.6 is 0 Å². The standard InChI is InChI=1S/C17H23NO4/c1-13(12-19)18-17(21)15-9-6-8-14(11-15)7-4-3-5-10-16(20)22-2/h4,6-9,11,13,19H,3,5,10,12H2,1-2H3,(H,18,21)/b7-4+. The Kier molecular flexibility index (Phi) is 7.92. The van der Waals surface area contributed by atoms with Crippen LogP contribution in [0.5, 0.6) is 0 Å². The molecule has 0 fully saturated rings. The smallest absolute Gasteiger partial charge is 0.305 e. The van der Waals surface area contributed by atoms with Crippen LogP contribution in [0.15, 0.2) is 30.3 Å². The van der Waals surface area contributed by atoms with E-state index >= 15 is 0 Å². The van der Waals surface area contributed by atoms with Crippen molar-refractivity contribution in [2.75, 3.05) is 13.7 Å². The van der Waals surface area contributed by atoms with E-state index in [9.17, 15) is 9.59 Å². The molecule has 1 unspecified atom stereocenters. The van der Waals surface area contributed by atoms with Gasteiger partial charge in [0.1, 0.15) is 0 Å². The molecule has 120 valence electrons. The quantitative estimate of drug-likeness (QED) is 0.570. The van der Waals surface area contributed by atoms with E-state index in [2.05, 4.69) is 10.1 Å². The van der Waals surface area contributed by atoms with Crippen LogP contribution in [0.4, 0.5) is 0 Å².